The molecule has 0 saturated carbocycles. The summed E-state index contributed by atoms with van der Waals surface area (Å²) in [4.78, 5) is 10.2. The molecule has 3 rings (SSSR count). The summed E-state index contributed by atoms with van der Waals surface area (Å²) >= 11 is 6.33. The normalized spacial score (nSPS) is 10.8. The maximum Gasteiger partial charge on any atom is 0.269 e. The first-order valence-electron chi connectivity index (χ1n) is 8.74. The summed E-state index contributed by atoms with van der Waals surface area (Å²) in [6, 6.07) is 15.3. The fourth-order valence-electron chi connectivity index (χ4n) is 2.58. The molecular formula is C21H17ClFN3O4. The van der Waals surface area contributed by atoms with Gasteiger partial charge in [0.05, 0.1) is 29.0 Å². The van der Waals surface area contributed by atoms with Crippen LogP contribution in [0.5, 0.6) is 11.5 Å². The molecule has 3 aromatic carbocycles. The lowest BCUT2D eigenvalue weighted by Crippen LogP contribution is -2.00. The summed E-state index contributed by atoms with van der Waals surface area (Å²) in [5.41, 5.74) is 4.66. The third kappa shape index (κ3) is 5.45. The molecule has 0 amide bonds. The maximum atomic E-state index is 13.3. The topological polar surface area (TPSA) is 86.0 Å². The van der Waals surface area contributed by atoms with Crippen LogP contribution in [0, 0.1) is 15.9 Å². The minimum absolute atomic E-state index is 0.00474. The van der Waals surface area contributed by atoms with E-state index in [9.17, 15) is 14.5 Å². The van der Waals surface area contributed by atoms with E-state index in [2.05, 4.69) is 10.5 Å². The van der Waals surface area contributed by atoms with E-state index in [1.165, 1.54) is 37.6 Å². The molecule has 0 spiro atoms. The van der Waals surface area contributed by atoms with Gasteiger partial charge >= 0.3 is 0 Å². The van der Waals surface area contributed by atoms with Crippen LogP contribution in [0.15, 0.2) is 65.8 Å². The number of halogens is 2. The number of hydrogen-bond acceptors (Lipinski definition) is 6. The zero-order valence-corrected chi connectivity index (χ0v) is 16.6. The second kappa shape index (κ2) is 9.71. The number of ether oxygens (including phenoxy) is 2. The lowest BCUT2D eigenvalue weighted by Gasteiger charge is -2.13. The zero-order chi connectivity index (χ0) is 21.5. The molecule has 0 aliphatic rings. The van der Waals surface area contributed by atoms with Gasteiger partial charge in [-0.3, -0.25) is 15.5 Å². The van der Waals surface area contributed by atoms with Gasteiger partial charge in [0.15, 0.2) is 11.5 Å². The summed E-state index contributed by atoms with van der Waals surface area (Å²) in [5.74, 6) is 0.390. The molecule has 30 heavy (non-hydrogen) atoms. The Hall–Kier alpha value is -3.65. The first-order valence-corrected chi connectivity index (χ1v) is 9.12. The highest BCUT2D eigenvalue weighted by atomic mass is 35.5. The van der Waals surface area contributed by atoms with E-state index in [-0.39, 0.29) is 18.1 Å². The number of hydrazone groups is 1. The smallest absolute Gasteiger partial charge is 0.269 e. The van der Waals surface area contributed by atoms with Gasteiger partial charge in [-0.05, 0) is 47.5 Å². The van der Waals surface area contributed by atoms with Crippen LogP contribution in [-0.4, -0.2) is 18.2 Å². The molecule has 0 aromatic heterocycles. The van der Waals surface area contributed by atoms with Crippen LogP contribution in [0.25, 0.3) is 0 Å². The van der Waals surface area contributed by atoms with Crippen molar-refractivity contribution in [3.63, 3.8) is 0 Å². The van der Waals surface area contributed by atoms with Gasteiger partial charge in [-0.15, -0.1) is 0 Å². The van der Waals surface area contributed by atoms with Crippen LogP contribution in [0.1, 0.15) is 11.1 Å². The number of benzene rings is 3. The average molecular weight is 430 g/mol. The first-order chi connectivity index (χ1) is 14.5. The molecule has 0 atom stereocenters. The van der Waals surface area contributed by atoms with Crippen LogP contribution in [0.3, 0.4) is 0 Å². The highest BCUT2D eigenvalue weighted by molar-refractivity contribution is 6.32. The van der Waals surface area contributed by atoms with Crippen molar-refractivity contribution in [2.24, 2.45) is 5.10 Å². The standard InChI is InChI=1S/C21H17ClFN3O4/c1-29-20-11-15(12-24-25-17-5-7-18(8-6-17)26(27)28)10-19(22)21(20)30-13-14-3-2-4-16(23)9-14/h2-12,25H,13H2,1H3/b24-12+. The van der Waals surface area contributed by atoms with Gasteiger partial charge in [0.2, 0.25) is 0 Å². The largest absolute Gasteiger partial charge is 0.493 e. The number of non-ortho nitro benzene ring substituents is 1. The molecule has 3 aromatic rings. The molecule has 0 saturated heterocycles. The average Bonchev–Trinajstić information content (AvgIpc) is 2.73. The van der Waals surface area contributed by atoms with E-state index in [0.29, 0.717) is 33.3 Å². The number of methoxy groups -OCH3 is 1. The van der Waals surface area contributed by atoms with Crippen LogP contribution in [0.4, 0.5) is 15.8 Å². The predicted octanol–water partition coefficient (Wildman–Crippen LogP) is 5.42. The van der Waals surface area contributed by atoms with Crippen LogP contribution < -0.4 is 14.9 Å². The summed E-state index contributed by atoms with van der Waals surface area (Å²) in [6.45, 7) is 0.128. The summed E-state index contributed by atoms with van der Waals surface area (Å²) < 4.78 is 24.4. The number of nitro benzene ring substituents is 1. The fourth-order valence-corrected chi connectivity index (χ4v) is 2.85. The summed E-state index contributed by atoms with van der Waals surface area (Å²) in [7, 11) is 1.48. The molecule has 154 valence electrons. The van der Waals surface area contributed by atoms with E-state index >= 15 is 0 Å². The van der Waals surface area contributed by atoms with Crippen LogP contribution >= 0.6 is 11.6 Å². The van der Waals surface area contributed by atoms with Gasteiger partial charge in [0, 0.05) is 12.1 Å². The van der Waals surface area contributed by atoms with Gasteiger partial charge < -0.3 is 9.47 Å². The van der Waals surface area contributed by atoms with Crippen molar-refractivity contribution in [2.75, 3.05) is 12.5 Å². The molecule has 0 radical (unpaired) electrons. The highest BCUT2D eigenvalue weighted by Gasteiger charge is 2.12. The number of rotatable bonds is 8. The molecule has 0 bridgehead atoms. The Labute approximate surface area is 176 Å². The van der Waals surface area contributed by atoms with Gasteiger partial charge in [-0.2, -0.15) is 5.10 Å². The van der Waals surface area contributed by atoms with Crippen molar-refractivity contribution >= 4 is 29.2 Å². The van der Waals surface area contributed by atoms with Gasteiger partial charge in [-0.25, -0.2) is 4.39 Å². The van der Waals surface area contributed by atoms with E-state index < -0.39 is 4.92 Å². The number of nitrogens with zero attached hydrogens (tertiary/aromatic N) is 2. The van der Waals surface area contributed by atoms with Crippen molar-refractivity contribution in [3.8, 4) is 11.5 Å². The molecular weight excluding hydrogens is 413 g/mol. The highest BCUT2D eigenvalue weighted by Crippen LogP contribution is 2.36. The van der Waals surface area contributed by atoms with Crippen molar-refractivity contribution < 1.29 is 18.8 Å². The predicted molar refractivity (Wildman–Crippen MR) is 113 cm³/mol. The van der Waals surface area contributed by atoms with Gasteiger partial charge in [0.25, 0.3) is 5.69 Å². The van der Waals surface area contributed by atoms with Crippen molar-refractivity contribution in [2.45, 2.75) is 6.61 Å². The Bertz CT molecular complexity index is 1070. The van der Waals surface area contributed by atoms with Crippen molar-refractivity contribution in [1.82, 2.24) is 0 Å². The fraction of sp³-hybridized carbons (Fsp3) is 0.0952. The van der Waals surface area contributed by atoms with Crippen molar-refractivity contribution in [3.05, 3.63) is 92.7 Å². The minimum atomic E-state index is -0.473. The number of anilines is 1. The minimum Gasteiger partial charge on any atom is -0.493 e. The number of hydrogen-bond donors (Lipinski definition) is 1. The third-order valence-electron chi connectivity index (χ3n) is 4.01. The first kappa shape index (κ1) is 21.1. The van der Waals surface area contributed by atoms with E-state index in [4.69, 9.17) is 21.1 Å². The van der Waals surface area contributed by atoms with E-state index in [1.807, 2.05) is 0 Å². The monoisotopic (exact) mass is 429 g/mol. The quantitative estimate of drug-likeness (QED) is 0.293. The Morgan fingerprint density at radius 2 is 1.97 bits per heavy atom. The SMILES string of the molecule is COc1cc(/C=N/Nc2ccc([N+](=O)[O-])cc2)cc(Cl)c1OCc1cccc(F)c1. The summed E-state index contributed by atoms with van der Waals surface area (Å²) in [6.07, 6.45) is 1.52. The number of nitro groups is 1. The van der Waals surface area contributed by atoms with E-state index in [1.54, 1.807) is 36.4 Å². The van der Waals surface area contributed by atoms with Crippen LogP contribution in [0.2, 0.25) is 5.02 Å². The second-order valence-electron chi connectivity index (χ2n) is 6.13. The van der Waals surface area contributed by atoms with Crippen LogP contribution in [-0.2, 0) is 6.61 Å². The molecule has 0 fully saturated rings. The lowest BCUT2D eigenvalue weighted by atomic mass is 10.2. The molecule has 0 heterocycles. The zero-order valence-electron chi connectivity index (χ0n) is 15.8. The Kier molecular flexibility index (Phi) is 6.82. The summed E-state index contributed by atoms with van der Waals surface area (Å²) in [5, 5.41) is 15.1. The number of nitrogens with one attached hydrogen (secondary N) is 1. The maximum absolute atomic E-state index is 13.3. The molecule has 9 heteroatoms. The molecule has 0 aliphatic carbocycles. The third-order valence-corrected chi connectivity index (χ3v) is 4.29. The van der Waals surface area contributed by atoms with Gasteiger partial charge in [0.1, 0.15) is 12.4 Å². The Morgan fingerprint density at radius 3 is 2.63 bits per heavy atom. The Morgan fingerprint density at radius 1 is 1.20 bits per heavy atom. The Balaban J connectivity index is 1.69. The van der Waals surface area contributed by atoms with E-state index in [0.717, 1.165) is 0 Å². The van der Waals surface area contributed by atoms with Crippen molar-refractivity contribution in [1.29, 1.82) is 0 Å². The van der Waals surface area contributed by atoms with Gasteiger partial charge in [-0.1, -0.05) is 23.7 Å². The molecule has 1 N–H and O–H groups in total. The molecule has 0 unspecified atom stereocenters. The second-order valence-corrected chi connectivity index (χ2v) is 6.53. The molecule has 7 nitrogen and oxygen atoms in total. The molecule has 0 aliphatic heterocycles. The lowest BCUT2D eigenvalue weighted by molar-refractivity contribution is -0.384.